The molecule has 2 aliphatic carbocycles. The largest absolute Gasteiger partial charge is 0.328 e. The topological polar surface area (TPSA) is 69.1 Å². The van der Waals surface area contributed by atoms with E-state index in [-0.39, 0.29) is 0 Å². The number of hydrogen-bond acceptors (Lipinski definition) is 3. The lowest BCUT2D eigenvalue weighted by Gasteiger charge is -2.31. The van der Waals surface area contributed by atoms with Crippen molar-refractivity contribution in [2.75, 3.05) is 0 Å². The second-order valence-electron chi connectivity index (χ2n) is 5.63. The van der Waals surface area contributed by atoms with E-state index in [1.165, 1.54) is 0 Å². The Morgan fingerprint density at radius 3 is 1.31 bits per heavy atom. The molecule has 2 fully saturated rings. The molecule has 0 spiro atoms. The maximum absolute atomic E-state index is 12.3. The molecule has 3 nitrogen and oxygen atoms in total. The predicted molar refractivity (Wildman–Crippen MR) is 64.9 cm³/mol. The third-order valence-corrected chi connectivity index (χ3v) is 4.35. The van der Waals surface area contributed by atoms with E-state index >= 15 is 0 Å². The molecule has 2 rings (SSSR count). The highest BCUT2D eigenvalue weighted by atomic mass is 16.1. The Morgan fingerprint density at radius 1 is 0.688 bits per heavy atom. The summed E-state index contributed by atoms with van der Waals surface area (Å²) >= 11 is 0. The fourth-order valence-corrected chi connectivity index (χ4v) is 3.14. The van der Waals surface area contributed by atoms with E-state index in [1.54, 1.807) is 0 Å². The summed E-state index contributed by atoms with van der Waals surface area (Å²) < 4.78 is 0. The monoisotopic (exact) mass is 224 g/mol. The Kier molecular flexibility index (Phi) is 3.98. The van der Waals surface area contributed by atoms with Gasteiger partial charge in [-0.1, -0.05) is 0 Å². The zero-order chi connectivity index (χ0) is 11.5. The lowest BCUT2D eigenvalue weighted by Crippen LogP contribution is -2.35. The Hall–Kier alpha value is -0.410. The number of ketones is 1. The number of carbonyl (C=O) groups is 1. The second kappa shape index (κ2) is 5.28. The van der Waals surface area contributed by atoms with Crippen molar-refractivity contribution in [3.8, 4) is 0 Å². The summed E-state index contributed by atoms with van der Waals surface area (Å²) in [5.74, 6) is 1.12. The molecule has 0 saturated heterocycles. The molecule has 16 heavy (non-hydrogen) atoms. The SMILES string of the molecule is NC1CCC(C(=O)C2CCC(N)CC2)CC1. The normalized spacial score (nSPS) is 40.6. The molecule has 0 bridgehead atoms. The van der Waals surface area contributed by atoms with Crippen LogP contribution in [0.4, 0.5) is 0 Å². The minimum Gasteiger partial charge on any atom is -0.328 e. The molecule has 3 heteroatoms. The van der Waals surface area contributed by atoms with Crippen molar-refractivity contribution in [1.82, 2.24) is 0 Å². The molecule has 0 unspecified atom stereocenters. The fraction of sp³-hybridized carbons (Fsp3) is 0.923. The van der Waals surface area contributed by atoms with E-state index in [4.69, 9.17) is 11.5 Å². The molecule has 0 aliphatic heterocycles. The average molecular weight is 224 g/mol. The average Bonchev–Trinajstić information content (AvgIpc) is 2.30. The molecule has 0 amide bonds. The van der Waals surface area contributed by atoms with Crippen LogP contribution in [0.25, 0.3) is 0 Å². The Morgan fingerprint density at radius 2 is 1.00 bits per heavy atom. The van der Waals surface area contributed by atoms with Crippen LogP contribution < -0.4 is 11.5 Å². The van der Waals surface area contributed by atoms with Crippen molar-refractivity contribution in [2.45, 2.75) is 63.5 Å². The molecule has 4 N–H and O–H groups in total. The quantitative estimate of drug-likeness (QED) is 0.748. The molecule has 2 saturated carbocycles. The van der Waals surface area contributed by atoms with Gasteiger partial charge in [-0.2, -0.15) is 0 Å². The first-order valence-electron chi connectivity index (χ1n) is 6.71. The van der Waals surface area contributed by atoms with Crippen LogP contribution in [0.5, 0.6) is 0 Å². The molecule has 0 atom stereocenters. The molecule has 2 aliphatic rings. The van der Waals surface area contributed by atoms with Crippen molar-refractivity contribution in [3.05, 3.63) is 0 Å². The first-order valence-corrected chi connectivity index (χ1v) is 6.71. The molecule has 0 aromatic carbocycles. The van der Waals surface area contributed by atoms with Gasteiger partial charge in [0.1, 0.15) is 5.78 Å². The first kappa shape index (κ1) is 12.1. The summed E-state index contributed by atoms with van der Waals surface area (Å²) in [6.45, 7) is 0. The molecular weight excluding hydrogens is 200 g/mol. The molecule has 0 aromatic rings. The molecule has 0 heterocycles. The lowest BCUT2D eigenvalue weighted by atomic mass is 9.75. The van der Waals surface area contributed by atoms with Gasteiger partial charge in [-0.05, 0) is 51.4 Å². The van der Waals surface area contributed by atoms with Crippen molar-refractivity contribution >= 4 is 5.78 Å². The van der Waals surface area contributed by atoms with Crippen molar-refractivity contribution in [3.63, 3.8) is 0 Å². The third kappa shape index (κ3) is 2.83. The summed E-state index contributed by atoms with van der Waals surface area (Å²) in [5.41, 5.74) is 11.7. The molecule has 92 valence electrons. The number of carbonyl (C=O) groups excluding carboxylic acids is 1. The van der Waals surface area contributed by atoms with Crippen molar-refractivity contribution in [2.24, 2.45) is 23.3 Å². The van der Waals surface area contributed by atoms with E-state index in [2.05, 4.69) is 0 Å². The summed E-state index contributed by atoms with van der Waals surface area (Å²) in [6.07, 6.45) is 8.19. The summed E-state index contributed by atoms with van der Waals surface area (Å²) in [7, 11) is 0. The zero-order valence-corrected chi connectivity index (χ0v) is 10.0. The zero-order valence-electron chi connectivity index (χ0n) is 10.0. The Labute approximate surface area is 97.9 Å². The van der Waals surface area contributed by atoms with Gasteiger partial charge >= 0.3 is 0 Å². The van der Waals surface area contributed by atoms with E-state index < -0.39 is 0 Å². The second-order valence-corrected chi connectivity index (χ2v) is 5.63. The number of Topliss-reactive ketones (excluding diaryl/α,β-unsaturated/α-hetero) is 1. The number of rotatable bonds is 2. The minimum atomic E-state index is 0.305. The van der Waals surface area contributed by atoms with Gasteiger partial charge in [0.25, 0.3) is 0 Å². The highest BCUT2D eigenvalue weighted by Gasteiger charge is 2.31. The highest BCUT2D eigenvalue weighted by Crippen LogP contribution is 2.32. The Balaban J connectivity index is 1.83. The van der Waals surface area contributed by atoms with Crippen LogP contribution in [0.15, 0.2) is 0 Å². The minimum absolute atomic E-state index is 0.305. The number of hydrogen-bond donors (Lipinski definition) is 2. The van der Waals surface area contributed by atoms with E-state index in [9.17, 15) is 4.79 Å². The maximum Gasteiger partial charge on any atom is 0.139 e. The highest BCUT2D eigenvalue weighted by molar-refractivity contribution is 5.83. The van der Waals surface area contributed by atoms with Gasteiger partial charge in [0.2, 0.25) is 0 Å². The van der Waals surface area contributed by atoms with Crippen LogP contribution in [0.3, 0.4) is 0 Å². The third-order valence-electron chi connectivity index (χ3n) is 4.35. The summed E-state index contributed by atoms with van der Waals surface area (Å²) in [4.78, 5) is 12.3. The van der Waals surface area contributed by atoms with Gasteiger partial charge in [0.15, 0.2) is 0 Å². The number of nitrogens with two attached hydrogens (primary N) is 2. The summed E-state index contributed by atoms with van der Waals surface area (Å²) in [5, 5.41) is 0. The van der Waals surface area contributed by atoms with Crippen LogP contribution in [-0.2, 0) is 4.79 Å². The van der Waals surface area contributed by atoms with E-state index in [0.717, 1.165) is 51.4 Å². The molecular formula is C13H24N2O. The fourth-order valence-electron chi connectivity index (χ4n) is 3.14. The van der Waals surface area contributed by atoms with Crippen molar-refractivity contribution < 1.29 is 4.79 Å². The molecule has 0 radical (unpaired) electrons. The maximum atomic E-state index is 12.3. The van der Waals surface area contributed by atoms with Gasteiger partial charge < -0.3 is 11.5 Å². The van der Waals surface area contributed by atoms with Gasteiger partial charge in [-0.3, -0.25) is 4.79 Å². The van der Waals surface area contributed by atoms with E-state index in [0.29, 0.717) is 29.7 Å². The first-order chi connectivity index (χ1) is 7.66. The van der Waals surface area contributed by atoms with Gasteiger partial charge in [-0.15, -0.1) is 0 Å². The predicted octanol–water partition coefficient (Wildman–Crippen LogP) is 1.59. The molecule has 0 aromatic heterocycles. The van der Waals surface area contributed by atoms with E-state index in [1.807, 2.05) is 0 Å². The Bertz CT molecular complexity index is 214. The van der Waals surface area contributed by atoms with Crippen LogP contribution in [0.2, 0.25) is 0 Å². The van der Waals surface area contributed by atoms with Crippen LogP contribution in [0.1, 0.15) is 51.4 Å². The van der Waals surface area contributed by atoms with Crippen LogP contribution in [-0.4, -0.2) is 17.9 Å². The smallest absolute Gasteiger partial charge is 0.139 e. The van der Waals surface area contributed by atoms with Gasteiger partial charge in [-0.25, -0.2) is 0 Å². The van der Waals surface area contributed by atoms with Crippen molar-refractivity contribution in [1.29, 1.82) is 0 Å². The standard InChI is InChI=1S/C13H24N2O/c14-11-5-1-9(2-6-11)13(16)10-3-7-12(15)8-4-10/h9-12H,1-8,14-15H2. The summed E-state index contributed by atoms with van der Waals surface area (Å²) in [6, 6.07) is 0.674. The van der Waals surface area contributed by atoms with Gasteiger partial charge in [0, 0.05) is 23.9 Å². The van der Waals surface area contributed by atoms with Crippen LogP contribution in [0, 0.1) is 11.8 Å². The van der Waals surface area contributed by atoms with Gasteiger partial charge in [0.05, 0.1) is 0 Å². The van der Waals surface area contributed by atoms with Crippen LogP contribution >= 0.6 is 0 Å². The lowest BCUT2D eigenvalue weighted by molar-refractivity contribution is -0.128.